The Morgan fingerprint density at radius 1 is 1.30 bits per heavy atom. The molecule has 1 amide bonds. The molecule has 3 heterocycles. The van der Waals surface area contributed by atoms with Crippen molar-refractivity contribution < 1.29 is 9.21 Å². The second-order valence-electron chi connectivity index (χ2n) is 5.91. The monoisotopic (exact) mass is 333 g/mol. The highest BCUT2D eigenvalue weighted by Crippen LogP contribution is 2.26. The van der Waals surface area contributed by atoms with Crippen LogP contribution in [0.1, 0.15) is 24.3 Å². The molecule has 1 N–H and O–H groups in total. The number of carbonyl (C=O) groups excluding carboxylic acids is 1. The summed E-state index contributed by atoms with van der Waals surface area (Å²) in [6, 6.07) is 9.88. The highest BCUT2D eigenvalue weighted by Gasteiger charge is 2.31. The van der Waals surface area contributed by atoms with Crippen molar-refractivity contribution >= 4 is 18.3 Å². The number of oxazole rings is 1. The lowest BCUT2D eigenvalue weighted by molar-refractivity contribution is -0.134. The maximum absolute atomic E-state index is 12.5. The molecule has 0 radical (unpaired) electrons. The van der Waals surface area contributed by atoms with Crippen molar-refractivity contribution in [1.29, 1.82) is 0 Å². The van der Waals surface area contributed by atoms with Crippen LogP contribution < -0.4 is 5.32 Å². The topological polar surface area (TPSA) is 58.4 Å². The Morgan fingerprint density at radius 2 is 2.13 bits per heavy atom. The van der Waals surface area contributed by atoms with E-state index in [1.165, 1.54) is 0 Å². The molecule has 0 unspecified atom stereocenters. The summed E-state index contributed by atoms with van der Waals surface area (Å²) < 4.78 is 5.88. The number of nitrogens with zero attached hydrogens (tertiary/aromatic N) is 2. The van der Waals surface area contributed by atoms with Gasteiger partial charge in [-0.3, -0.25) is 4.79 Å². The van der Waals surface area contributed by atoms with E-state index in [0.29, 0.717) is 19.0 Å². The third kappa shape index (κ3) is 3.12. The van der Waals surface area contributed by atoms with Crippen LogP contribution in [0.5, 0.6) is 0 Å². The van der Waals surface area contributed by atoms with Crippen molar-refractivity contribution in [1.82, 2.24) is 15.2 Å². The van der Waals surface area contributed by atoms with Gasteiger partial charge in [0, 0.05) is 18.5 Å². The lowest BCUT2D eigenvalue weighted by Gasteiger charge is -2.27. The number of amides is 1. The van der Waals surface area contributed by atoms with E-state index in [2.05, 4.69) is 10.3 Å². The molecule has 1 aromatic heterocycles. The van der Waals surface area contributed by atoms with Gasteiger partial charge in [-0.1, -0.05) is 18.2 Å². The van der Waals surface area contributed by atoms with Crippen LogP contribution in [-0.2, 0) is 17.8 Å². The Morgan fingerprint density at radius 3 is 2.87 bits per heavy atom. The van der Waals surface area contributed by atoms with Crippen molar-refractivity contribution in [2.45, 2.75) is 31.8 Å². The molecule has 4 rings (SSSR count). The normalized spacial score (nSPS) is 20.0. The van der Waals surface area contributed by atoms with E-state index in [-0.39, 0.29) is 24.4 Å². The number of fused-ring (bicyclic) bond motifs is 1. The van der Waals surface area contributed by atoms with Crippen LogP contribution in [0.4, 0.5) is 0 Å². The summed E-state index contributed by atoms with van der Waals surface area (Å²) in [5.41, 5.74) is 1.88. The summed E-state index contributed by atoms with van der Waals surface area (Å²) >= 11 is 0. The fourth-order valence-corrected chi connectivity index (χ4v) is 3.21. The quantitative estimate of drug-likeness (QED) is 0.917. The van der Waals surface area contributed by atoms with Gasteiger partial charge in [-0.05, 0) is 31.5 Å². The molecule has 2 aliphatic rings. The molecule has 2 aliphatic heterocycles. The van der Waals surface area contributed by atoms with Gasteiger partial charge in [0.25, 0.3) is 0 Å². The third-order valence-corrected chi connectivity index (χ3v) is 4.42. The minimum absolute atomic E-state index is 0. The smallest absolute Gasteiger partial charge is 0.240 e. The van der Waals surface area contributed by atoms with E-state index in [0.717, 1.165) is 42.8 Å². The van der Waals surface area contributed by atoms with Crippen molar-refractivity contribution in [3.63, 3.8) is 0 Å². The summed E-state index contributed by atoms with van der Waals surface area (Å²) in [7, 11) is 0. The van der Waals surface area contributed by atoms with Crippen molar-refractivity contribution in [3.8, 4) is 11.5 Å². The maximum atomic E-state index is 12.5. The summed E-state index contributed by atoms with van der Waals surface area (Å²) in [6.45, 7) is 2.22. The van der Waals surface area contributed by atoms with Crippen LogP contribution in [0.25, 0.3) is 11.5 Å². The molecule has 1 fully saturated rings. The van der Waals surface area contributed by atoms with Crippen LogP contribution in [0, 0.1) is 0 Å². The number of rotatable bonds is 2. The summed E-state index contributed by atoms with van der Waals surface area (Å²) in [5, 5.41) is 3.27. The van der Waals surface area contributed by atoms with Crippen LogP contribution in [0.3, 0.4) is 0 Å². The van der Waals surface area contributed by atoms with Gasteiger partial charge in [-0.25, -0.2) is 4.98 Å². The third-order valence-electron chi connectivity index (χ3n) is 4.42. The molecule has 1 saturated heterocycles. The Balaban J connectivity index is 0.00000156. The van der Waals surface area contributed by atoms with E-state index in [1.807, 2.05) is 35.2 Å². The summed E-state index contributed by atoms with van der Waals surface area (Å²) in [6.07, 6.45) is 2.77. The zero-order chi connectivity index (χ0) is 14.9. The lowest BCUT2D eigenvalue weighted by Crippen LogP contribution is -2.45. The molecule has 2 aromatic rings. The number of aromatic nitrogens is 1. The van der Waals surface area contributed by atoms with Crippen LogP contribution in [0.2, 0.25) is 0 Å². The minimum atomic E-state index is -0.0120. The largest absolute Gasteiger partial charge is 0.441 e. The number of carbonyl (C=O) groups is 1. The van der Waals surface area contributed by atoms with E-state index < -0.39 is 0 Å². The molecule has 6 heteroatoms. The van der Waals surface area contributed by atoms with Crippen molar-refractivity contribution in [2.75, 3.05) is 13.1 Å². The molecule has 1 atom stereocenters. The summed E-state index contributed by atoms with van der Waals surface area (Å²) in [4.78, 5) is 19.0. The van der Waals surface area contributed by atoms with Crippen molar-refractivity contribution in [2.24, 2.45) is 0 Å². The molecule has 5 nitrogen and oxygen atoms in total. The van der Waals surface area contributed by atoms with Gasteiger partial charge in [0.15, 0.2) is 0 Å². The molecule has 23 heavy (non-hydrogen) atoms. The molecule has 122 valence electrons. The first-order valence-electron chi connectivity index (χ1n) is 7.87. The maximum Gasteiger partial charge on any atom is 0.240 e. The van der Waals surface area contributed by atoms with Crippen molar-refractivity contribution in [3.05, 3.63) is 41.8 Å². The Hall–Kier alpha value is -1.85. The number of nitrogens with one attached hydrogen (secondary N) is 1. The van der Waals surface area contributed by atoms with E-state index in [4.69, 9.17) is 4.42 Å². The zero-order valence-electron chi connectivity index (χ0n) is 12.8. The van der Waals surface area contributed by atoms with E-state index >= 15 is 0 Å². The predicted molar refractivity (Wildman–Crippen MR) is 89.3 cm³/mol. The van der Waals surface area contributed by atoms with E-state index in [1.54, 1.807) is 0 Å². The number of hydrogen-bond donors (Lipinski definition) is 1. The Kier molecular flexibility index (Phi) is 4.68. The first kappa shape index (κ1) is 16.0. The minimum Gasteiger partial charge on any atom is -0.441 e. The SMILES string of the molecule is Cl.O=C([C@@H]1CCCN1)N1CCc2oc(-c3ccccc3)nc2C1. The van der Waals surface area contributed by atoms with Gasteiger partial charge < -0.3 is 14.6 Å². The van der Waals surface area contributed by atoms with Crippen LogP contribution in [-0.4, -0.2) is 34.9 Å². The molecule has 0 saturated carbocycles. The average Bonchev–Trinajstić information content (AvgIpc) is 3.23. The van der Waals surface area contributed by atoms with Gasteiger partial charge in [-0.2, -0.15) is 0 Å². The standard InChI is InChI=1S/C17H19N3O2.ClH/c21-17(13-7-4-9-18-13)20-10-8-15-14(11-20)19-16(22-15)12-5-2-1-3-6-12;/h1-3,5-6,13,18H,4,7-11H2;1H/t13-;/m0./s1. The molecular weight excluding hydrogens is 314 g/mol. The predicted octanol–water partition coefficient (Wildman–Crippen LogP) is 2.40. The molecule has 0 aliphatic carbocycles. The average molecular weight is 334 g/mol. The number of benzene rings is 1. The second kappa shape index (κ2) is 6.72. The number of halogens is 1. The second-order valence-corrected chi connectivity index (χ2v) is 5.91. The van der Waals surface area contributed by atoms with Gasteiger partial charge in [0.2, 0.25) is 11.8 Å². The van der Waals surface area contributed by atoms with Gasteiger partial charge in [-0.15, -0.1) is 12.4 Å². The van der Waals surface area contributed by atoms with Gasteiger partial charge in [0.05, 0.1) is 12.6 Å². The van der Waals surface area contributed by atoms with Gasteiger partial charge in [0.1, 0.15) is 11.5 Å². The molecule has 0 spiro atoms. The lowest BCUT2D eigenvalue weighted by atomic mass is 10.1. The van der Waals surface area contributed by atoms with Crippen LogP contribution >= 0.6 is 12.4 Å². The highest BCUT2D eigenvalue weighted by atomic mass is 35.5. The van der Waals surface area contributed by atoms with Gasteiger partial charge >= 0.3 is 0 Å². The fourth-order valence-electron chi connectivity index (χ4n) is 3.21. The zero-order valence-corrected chi connectivity index (χ0v) is 13.6. The molecule has 0 bridgehead atoms. The Bertz CT molecular complexity index is 680. The first-order valence-corrected chi connectivity index (χ1v) is 7.87. The highest BCUT2D eigenvalue weighted by molar-refractivity contribution is 5.85. The van der Waals surface area contributed by atoms with Crippen LogP contribution in [0.15, 0.2) is 34.7 Å². The fraction of sp³-hybridized carbons (Fsp3) is 0.412. The molecular formula is C17H20ClN3O2. The Labute approximate surface area is 141 Å². The van der Waals surface area contributed by atoms with E-state index in [9.17, 15) is 4.79 Å². The summed E-state index contributed by atoms with van der Waals surface area (Å²) in [5.74, 6) is 1.77. The molecule has 1 aromatic carbocycles. The first-order chi connectivity index (χ1) is 10.8. The number of hydrogen-bond acceptors (Lipinski definition) is 4.